The van der Waals surface area contributed by atoms with Crippen molar-refractivity contribution < 1.29 is 13.5 Å². The van der Waals surface area contributed by atoms with E-state index in [1.165, 1.54) is 7.11 Å². The summed E-state index contributed by atoms with van der Waals surface area (Å²) in [6.45, 7) is 2.71. The van der Waals surface area contributed by atoms with Crippen LogP contribution >= 0.6 is 0 Å². The zero-order chi connectivity index (χ0) is 12.6. The first kappa shape index (κ1) is 11.9. The van der Waals surface area contributed by atoms with Crippen LogP contribution in [-0.2, 0) is 6.54 Å². The van der Waals surface area contributed by atoms with E-state index in [4.69, 9.17) is 10.5 Å². The molecular formula is C12H14F2N2O. The third-order valence-electron chi connectivity index (χ3n) is 2.80. The highest BCUT2D eigenvalue weighted by Crippen LogP contribution is 2.33. The second kappa shape index (κ2) is 4.33. The van der Waals surface area contributed by atoms with Crippen LogP contribution in [0.25, 0.3) is 10.9 Å². The molecule has 0 saturated carbocycles. The van der Waals surface area contributed by atoms with Crippen LogP contribution in [0.1, 0.15) is 5.69 Å². The van der Waals surface area contributed by atoms with Crippen molar-refractivity contribution in [2.75, 3.05) is 13.7 Å². The van der Waals surface area contributed by atoms with Crippen LogP contribution in [-0.4, -0.2) is 18.2 Å². The Bertz CT molecular complexity index is 563. The van der Waals surface area contributed by atoms with Crippen molar-refractivity contribution in [3.63, 3.8) is 0 Å². The van der Waals surface area contributed by atoms with Crippen LogP contribution in [0.3, 0.4) is 0 Å². The minimum Gasteiger partial charge on any atom is -0.493 e. The lowest BCUT2D eigenvalue weighted by atomic mass is 10.2. The van der Waals surface area contributed by atoms with Gasteiger partial charge in [0.05, 0.1) is 12.6 Å². The maximum Gasteiger partial charge on any atom is 0.168 e. The van der Waals surface area contributed by atoms with Crippen LogP contribution < -0.4 is 10.5 Å². The number of rotatable bonds is 3. The van der Waals surface area contributed by atoms with Crippen molar-refractivity contribution in [3.8, 4) is 5.75 Å². The molecule has 0 amide bonds. The summed E-state index contributed by atoms with van der Waals surface area (Å²) < 4.78 is 34.0. The summed E-state index contributed by atoms with van der Waals surface area (Å²) in [5, 5.41) is 0.441. The number of hydrogen-bond donors (Lipinski definition) is 1. The third kappa shape index (κ3) is 1.76. The van der Waals surface area contributed by atoms with Crippen LogP contribution in [0.15, 0.2) is 12.1 Å². The summed E-state index contributed by atoms with van der Waals surface area (Å²) in [6, 6.07) is 2.55. The van der Waals surface area contributed by atoms with Gasteiger partial charge >= 0.3 is 0 Å². The van der Waals surface area contributed by atoms with Gasteiger partial charge in [0.2, 0.25) is 0 Å². The minimum absolute atomic E-state index is 0.0697. The average Bonchev–Trinajstić information content (AvgIpc) is 2.57. The first-order valence-electron chi connectivity index (χ1n) is 5.32. The maximum absolute atomic E-state index is 13.8. The molecule has 0 fully saturated rings. The second-order valence-electron chi connectivity index (χ2n) is 3.86. The summed E-state index contributed by atoms with van der Waals surface area (Å²) in [4.78, 5) is 0. The molecule has 0 aliphatic heterocycles. The zero-order valence-corrected chi connectivity index (χ0v) is 9.76. The molecule has 2 aromatic rings. The van der Waals surface area contributed by atoms with Gasteiger partial charge in [0.25, 0.3) is 0 Å². The molecule has 0 aliphatic carbocycles. The molecule has 0 radical (unpaired) electrons. The van der Waals surface area contributed by atoms with Crippen molar-refractivity contribution in [1.29, 1.82) is 0 Å². The Hall–Kier alpha value is -1.62. The van der Waals surface area contributed by atoms with E-state index < -0.39 is 11.6 Å². The van der Waals surface area contributed by atoms with Gasteiger partial charge in [-0.2, -0.15) is 0 Å². The molecule has 92 valence electrons. The molecule has 0 spiro atoms. The van der Waals surface area contributed by atoms with E-state index in [2.05, 4.69) is 0 Å². The van der Waals surface area contributed by atoms with Gasteiger partial charge < -0.3 is 15.0 Å². The van der Waals surface area contributed by atoms with Gasteiger partial charge in [-0.3, -0.25) is 0 Å². The van der Waals surface area contributed by atoms with Crippen molar-refractivity contribution in [2.45, 2.75) is 13.5 Å². The average molecular weight is 240 g/mol. The smallest absolute Gasteiger partial charge is 0.168 e. The lowest BCUT2D eigenvalue weighted by Crippen LogP contribution is -2.11. The van der Waals surface area contributed by atoms with Gasteiger partial charge in [0.15, 0.2) is 17.4 Å². The fraction of sp³-hybridized carbons (Fsp3) is 0.333. The van der Waals surface area contributed by atoms with E-state index in [0.29, 0.717) is 24.0 Å². The Labute approximate surface area is 97.8 Å². The number of benzene rings is 1. The SMILES string of the molecule is COc1c(F)cc(F)c2c1cc(C)n2CCN. The number of halogens is 2. The number of ether oxygens (including phenoxy) is 1. The number of hydrogen-bond acceptors (Lipinski definition) is 2. The monoisotopic (exact) mass is 240 g/mol. The van der Waals surface area contributed by atoms with Gasteiger partial charge in [0, 0.05) is 30.2 Å². The fourth-order valence-electron chi connectivity index (χ4n) is 2.11. The second-order valence-corrected chi connectivity index (χ2v) is 3.86. The predicted molar refractivity (Wildman–Crippen MR) is 62.2 cm³/mol. The van der Waals surface area contributed by atoms with E-state index in [-0.39, 0.29) is 5.75 Å². The van der Waals surface area contributed by atoms with Crippen LogP contribution in [0.2, 0.25) is 0 Å². The van der Waals surface area contributed by atoms with Gasteiger partial charge in [0.1, 0.15) is 0 Å². The van der Waals surface area contributed by atoms with Crippen molar-refractivity contribution in [3.05, 3.63) is 29.5 Å². The number of methoxy groups -OCH3 is 1. The van der Waals surface area contributed by atoms with Gasteiger partial charge in [-0.1, -0.05) is 0 Å². The lowest BCUT2D eigenvalue weighted by molar-refractivity contribution is 0.390. The Morgan fingerprint density at radius 1 is 1.29 bits per heavy atom. The molecule has 0 unspecified atom stereocenters. The summed E-state index contributed by atoms with van der Waals surface area (Å²) in [5.41, 5.74) is 6.65. The predicted octanol–water partition coefficient (Wildman–Crippen LogP) is 2.20. The highest BCUT2D eigenvalue weighted by Gasteiger charge is 2.18. The minimum atomic E-state index is -0.692. The standard InChI is InChI=1S/C12H14F2N2O/c1-7-5-8-11(16(7)4-3-15)9(13)6-10(14)12(8)17-2/h5-6H,3-4,15H2,1-2H3. The molecule has 1 heterocycles. The molecule has 2 N–H and O–H groups in total. The summed E-state index contributed by atoms with van der Waals surface area (Å²) in [6.07, 6.45) is 0. The molecule has 2 rings (SSSR count). The van der Waals surface area contributed by atoms with Crippen LogP contribution in [0.5, 0.6) is 5.75 Å². The molecule has 5 heteroatoms. The van der Waals surface area contributed by atoms with Gasteiger partial charge in [-0.15, -0.1) is 0 Å². The summed E-state index contributed by atoms with van der Waals surface area (Å²) >= 11 is 0. The molecule has 17 heavy (non-hydrogen) atoms. The number of aromatic nitrogens is 1. The highest BCUT2D eigenvalue weighted by molar-refractivity contribution is 5.88. The first-order chi connectivity index (χ1) is 8.10. The van der Waals surface area contributed by atoms with Gasteiger partial charge in [-0.25, -0.2) is 8.78 Å². The summed E-state index contributed by atoms with van der Waals surface area (Å²) in [5.74, 6) is -1.22. The first-order valence-corrected chi connectivity index (χ1v) is 5.32. The molecular weight excluding hydrogens is 226 g/mol. The molecule has 1 aromatic heterocycles. The Kier molecular flexibility index (Phi) is 3.02. The van der Waals surface area contributed by atoms with E-state index in [1.807, 2.05) is 6.92 Å². The fourth-order valence-corrected chi connectivity index (χ4v) is 2.11. The quantitative estimate of drug-likeness (QED) is 0.893. The maximum atomic E-state index is 13.8. The molecule has 0 aliphatic rings. The Morgan fingerprint density at radius 2 is 2.00 bits per heavy atom. The highest BCUT2D eigenvalue weighted by atomic mass is 19.1. The third-order valence-corrected chi connectivity index (χ3v) is 2.80. The zero-order valence-electron chi connectivity index (χ0n) is 9.76. The number of aryl methyl sites for hydroxylation is 1. The van der Waals surface area contributed by atoms with Crippen molar-refractivity contribution in [1.82, 2.24) is 4.57 Å². The van der Waals surface area contributed by atoms with Crippen molar-refractivity contribution >= 4 is 10.9 Å². The van der Waals surface area contributed by atoms with Crippen LogP contribution in [0, 0.1) is 18.6 Å². The lowest BCUT2D eigenvalue weighted by Gasteiger charge is -2.08. The Balaban J connectivity index is 2.83. The normalized spacial score (nSPS) is 11.1. The molecule has 3 nitrogen and oxygen atoms in total. The van der Waals surface area contributed by atoms with E-state index in [1.54, 1.807) is 10.6 Å². The molecule has 0 atom stereocenters. The van der Waals surface area contributed by atoms with Crippen molar-refractivity contribution in [2.24, 2.45) is 5.73 Å². The number of nitrogens with zero attached hydrogens (tertiary/aromatic N) is 1. The van der Waals surface area contributed by atoms with E-state index in [9.17, 15) is 8.78 Å². The largest absolute Gasteiger partial charge is 0.493 e. The molecule has 0 bridgehead atoms. The Morgan fingerprint density at radius 3 is 2.59 bits per heavy atom. The molecule has 1 aromatic carbocycles. The van der Waals surface area contributed by atoms with Gasteiger partial charge in [-0.05, 0) is 13.0 Å². The van der Waals surface area contributed by atoms with Crippen LogP contribution in [0.4, 0.5) is 8.78 Å². The topological polar surface area (TPSA) is 40.2 Å². The summed E-state index contributed by atoms with van der Waals surface area (Å²) in [7, 11) is 1.37. The number of nitrogens with two attached hydrogens (primary N) is 1. The van der Waals surface area contributed by atoms with E-state index >= 15 is 0 Å². The molecule has 0 saturated heterocycles. The number of fused-ring (bicyclic) bond motifs is 1. The van der Waals surface area contributed by atoms with E-state index in [0.717, 1.165) is 11.8 Å².